The van der Waals surface area contributed by atoms with Crippen molar-refractivity contribution >= 4 is 161 Å². The number of nitriles is 2. The minimum absolute atomic E-state index is 0.401. The minimum atomic E-state index is 0.401. The molecule has 21 rings (SSSR count). The van der Waals surface area contributed by atoms with E-state index in [-0.39, 0.29) is 0 Å². The molecule has 0 amide bonds. The van der Waals surface area contributed by atoms with Crippen LogP contribution in [0.4, 0.5) is 0 Å². The highest BCUT2D eigenvalue weighted by atomic mass is 32.1. The van der Waals surface area contributed by atoms with E-state index in [9.17, 15) is 10.5 Å². The summed E-state index contributed by atoms with van der Waals surface area (Å²) in [7, 11) is 0. The number of thiophene rings is 2. The fraction of sp³-hybridized carbons (Fsp3) is 0. The van der Waals surface area contributed by atoms with E-state index in [0.29, 0.717) is 33.9 Å². The van der Waals surface area contributed by atoms with Crippen molar-refractivity contribution in [3.05, 3.63) is 314 Å². The first-order valence-corrected chi connectivity index (χ1v) is 34.7. The predicted molar refractivity (Wildman–Crippen MR) is 413 cm³/mol. The molecule has 0 saturated carbocycles. The number of hydrogen-bond donors (Lipinski definition) is 0. The van der Waals surface area contributed by atoms with Crippen LogP contribution in [0.15, 0.2) is 303 Å². The molecular formula is C90H50N6S2. The van der Waals surface area contributed by atoms with Gasteiger partial charge in [0.05, 0.1) is 76.3 Å². The molecule has 0 aliphatic carbocycles. The average Bonchev–Trinajstić information content (AvgIpc) is 1.46. The summed E-state index contributed by atoms with van der Waals surface area (Å²) in [6.45, 7) is 0. The summed E-state index contributed by atoms with van der Waals surface area (Å²) in [6.07, 6.45) is 0. The van der Waals surface area contributed by atoms with Gasteiger partial charge >= 0.3 is 0 Å². The van der Waals surface area contributed by atoms with Gasteiger partial charge in [-0.1, -0.05) is 255 Å². The summed E-state index contributed by atoms with van der Waals surface area (Å²) in [5.74, 6) is 0. The lowest BCUT2D eigenvalue weighted by Crippen LogP contribution is -2.16. The van der Waals surface area contributed by atoms with E-state index < -0.39 is 0 Å². The molecule has 0 spiro atoms. The van der Waals surface area contributed by atoms with Gasteiger partial charge in [0, 0.05) is 74.0 Å². The van der Waals surface area contributed by atoms with Crippen LogP contribution in [-0.2, 0) is 0 Å². The molecule has 0 aliphatic rings. The van der Waals surface area contributed by atoms with Crippen LogP contribution in [0, 0.1) is 22.7 Å². The zero-order chi connectivity index (χ0) is 64.4. The number of para-hydroxylation sites is 4. The van der Waals surface area contributed by atoms with Crippen molar-refractivity contribution < 1.29 is 0 Å². The molecule has 15 aromatic carbocycles. The second-order valence-corrected chi connectivity index (χ2v) is 27.6. The molecular weight excluding hydrogens is 1230 g/mol. The Morgan fingerprint density at radius 1 is 0.235 bits per heavy atom. The van der Waals surface area contributed by atoms with Gasteiger partial charge in [0.25, 0.3) is 0 Å². The number of fused-ring (bicyclic) bond motifs is 21. The Morgan fingerprint density at radius 2 is 0.571 bits per heavy atom. The second-order valence-electron chi connectivity index (χ2n) is 25.5. The quantitative estimate of drug-likeness (QED) is 0.160. The molecule has 6 aromatic heterocycles. The lowest BCUT2D eigenvalue weighted by molar-refractivity contribution is 1.03. The fourth-order valence-corrected chi connectivity index (χ4v) is 19.2. The number of nitrogens with zero attached hydrogens (tertiary/aromatic N) is 6. The summed E-state index contributed by atoms with van der Waals surface area (Å²) in [6, 6.07) is 115. The first kappa shape index (κ1) is 54.6. The van der Waals surface area contributed by atoms with Gasteiger partial charge in [-0.15, -0.1) is 22.7 Å². The molecule has 0 bridgehead atoms. The first-order chi connectivity index (χ1) is 48.6. The van der Waals surface area contributed by atoms with Crippen LogP contribution in [0.1, 0.15) is 11.1 Å². The maximum atomic E-state index is 13.6. The summed E-state index contributed by atoms with van der Waals surface area (Å²) in [5, 5.41) is 42.2. The first-order valence-electron chi connectivity index (χ1n) is 33.0. The molecule has 21 aromatic rings. The lowest BCUT2D eigenvalue weighted by atomic mass is 9.92. The molecule has 98 heavy (non-hydrogen) atoms. The zero-order valence-corrected chi connectivity index (χ0v) is 54.0. The Labute approximate surface area is 568 Å². The van der Waals surface area contributed by atoms with E-state index in [4.69, 9.17) is 0 Å². The molecule has 0 saturated heterocycles. The van der Waals surface area contributed by atoms with Crippen LogP contribution in [0.5, 0.6) is 0 Å². The number of aromatic nitrogens is 4. The summed E-state index contributed by atoms with van der Waals surface area (Å²) in [4.78, 5) is 0. The van der Waals surface area contributed by atoms with Gasteiger partial charge in [0.15, 0.2) is 0 Å². The predicted octanol–water partition coefficient (Wildman–Crippen LogP) is 24.7. The largest absolute Gasteiger partial charge is 0.306 e. The van der Waals surface area contributed by atoms with Crippen molar-refractivity contribution in [1.29, 1.82) is 10.5 Å². The molecule has 0 aliphatic heterocycles. The standard InChI is InChI=1S/C90H50N6S2/c91-51-71-84(94-75-41-16-10-32-61(75)62-33-11-17-42-76(62)94)86(96-78-44-22-38-66(58-36-20-26-54-25-4-5-27-56(54)58)82(78)70-50-48-68-64-35-13-19-46-80(64)98-90(68)88(70)96)72(52-92)83(93-73-39-14-8-30-59(73)60-31-9-15-40-74(60)93)85(71)95-77-43-21-37-65(57-29-7-6-28-55(57)53-23-2-1-3-24-53)81(77)69-49-47-67-63-34-12-18-45-79(63)97-89(67)87(69)95/h1-50H. The van der Waals surface area contributed by atoms with Gasteiger partial charge in [-0.2, -0.15) is 10.5 Å². The Hall–Kier alpha value is -12.8. The molecule has 0 radical (unpaired) electrons. The highest BCUT2D eigenvalue weighted by molar-refractivity contribution is 7.27. The minimum Gasteiger partial charge on any atom is -0.306 e. The summed E-state index contributed by atoms with van der Waals surface area (Å²) < 4.78 is 13.9. The molecule has 0 unspecified atom stereocenters. The van der Waals surface area contributed by atoms with E-state index in [1.54, 1.807) is 22.7 Å². The topological polar surface area (TPSA) is 67.3 Å². The highest BCUT2D eigenvalue weighted by Gasteiger charge is 2.36. The Balaban J connectivity index is 1.05. The number of hydrogen-bond acceptors (Lipinski definition) is 4. The van der Waals surface area contributed by atoms with Crippen molar-refractivity contribution in [2.75, 3.05) is 0 Å². The maximum Gasteiger partial charge on any atom is 0.104 e. The zero-order valence-electron chi connectivity index (χ0n) is 52.4. The van der Waals surface area contributed by atoms with E-state index in [2.05, 4.69) is 334 Å². The molecule has 0 atom stereocenters. The number of benzene rings is 15. The smallest absolute Gasteiger partial charge is 0.104 e. The van der Waals surface area contributed by atoms with Gasteiger partial charge in [0.1, 0.15) is 23.3 Å². The van der Waals surface area contributed by atoms with Crippen molar-refractivity contribution in [3.8, 4) is 68.3 Å². The van der Waals surface area contributed by atoms with E-state index in [1.807, 2.05) is 0 Å². The average molecular weight is 1280 g/mol. The third kappa shape index (κ3) is 7.42. The Bertz CT molecular complexity index is 7040. The van der Waals surface area contributed by atoms with E-state index in [0.717, 1.165) is 172 Å². The molecule has 6 nitrogen and oxygen atoms in total. The lowest BCUT2D eigenvalue weighted by Gasteiger charge is -2.27. The third-order valence-electron chi connectivity index (χ3n) is 20.6. The fourth-order valence-electron chi connectivity index (χ4n) is 16.7. The maximum absolute atomic E-state index is 13.6. The van der Waals surface area contributed by atoms with Crippen molar-refractivity contribution in [1.82, 2.24) is 18.3 Å². The Morgan fingerprint density at radius 3 is 1.06 bits per heavy atom. The molecule has 0 fully saturated rings. The van der Waals surface area contributed by atoms with Crippen LogP contribution in [-0.4, -0.2) is 18.3 Å². The van der Waals surface area contributed by atoms with Crippen LogP contribution in [0.25, 0.3) is 194 Å². The van der Waals surface area contributed by atoms with Crippen molar-refractivity contribution in [3.63, 3.8) is 0 Å². The van der Waals surface area contributed by atoms with E-state index >= 15 is 0 Å². The van der Waals surface area contributed by atoms with Crippen LogP contribution < -0.4 is 0 Å². The van der Waals surface area contributed by atoms with Gasteiger partial charge in [-0.05, 0) is 92.7 Å². The molecule has 8 heteroatoms. The number of rotatable bonds is 7. The van der Waals surface area contributed by atoms with Crippen LogP contribution in [0.2, 0.25) is 0 Å². The second kappa shape index (κ2) is 20.8. The monoisotopic (exact) mass is 1280 g/mol. The van der Waals surface area contributed by atoms with Gasteiger partial charge < -0.3 is 18.3 Å². The van der Waals surface area contributed by atoms with Gasteiger partial charge in [-0.25, -0.2) is 0 Å². The SMILES string of the molecule is N#Cc1c(-n2c3ccccc3c3ccccc32)c(-n2c3cccc(-c4cccc5ccccc45)c3c3ccc4c5ccccc5sc4c32)c(C#N)c(-n2c3ccccc3c3ccccc32)c1-n1c2cccc(-c3ccccc3-c3ccccc3)c2c2ccc3c4ccccc4sc3c21. The van der Waals surface area contributed by atoms with Crippen LogP contribution in [0.3, 0.4) is 0 Å². The van der Waals surface area contributed by atoms with Crippen molar-refractivity contribution in [2.45, 2.75) is 0 Å². The normalized spacial score (nSPS) is 12.1. The molecule has 6 heterocycles. The Kier molecular flexibility index (Phi) is 11.6. The summed E-state index contributed by atoms with van der Waals surface area (Å²) in [5.41, 5.74) is 17.1. The molecule has 0 N–H and O–H groups in total. The van der Waals surface area contributed by atoms with Crippen LogP contribution >= 0.6 is 22.7 Å². The highest BCUT2D eigenvalue weighted by Crippen LogP contribution is 2.54. The van der Waals surface area contributed by atoms with E-state index in [1.165, 1.54) is 0 Å². The third-order valence-corrected chi connectivity index (χ3v) is 23.0. The van der Waals surface area contributed by atoms with Gasteiger partial charge in [-0.3, -0.25) is 0 Å². The van der Waals surface area contributed by atoms with Crippen molar-refractivity contribution in [2.24, 2.45) is 0 Å². The molecule has 452 valence electrons. The van der Waals surface area contributed by atoms with Gasteiger partial charge in [0.2, 0.25) is 0 Å². The summed E-state index contributed by atoms with van der Waals surface area (Å²) >= 11 is 3.56.